The number of aromatic nitrogens is 1. The molecule has 4 nitrogen and oxygen atoms in total. The van der Waals surface area contributed by atoms with E-state index in [9.17, 15) is 9.18 Å². The summed E-state index contributed by atoms with van der Waals surface area (Å²) in [5, 5.41) is 2.88. The minimum absolute atomic E-state index is 0.0680. The number of rotatable bonds is 4. The number of amides is 2. The molecule has 2 aromatic rings. The summed E-state index contributed by atoms with van der Waals surface area (Å²) in [6.07, 6.45) is 4.09. The molecular weight excluding hydrogens is 281 g/mol. The second-order valence-corrected chi connectivity index (χ2v) is 5.58. The maximum absolute atomic E-state index is 13.6. The Morgan fingerprint density at radius 1 is 1.23 bits per heavy atom. The fourth-order valence-corrected chi connectivity index (χ4v) is 2.63. The molecule has 0 bridgehead atoms. The Morgan fingerprint density at radius 3 is 2.68 bits per heavy atom. The first-order chi connectivity index (χ1) is 10.7. The van der Waals surface area contributed by atoms with E-state index < -0.39 is 0 Å². The lowest BCUT2D eigenvalue weighted by Gasteiger charge is -2.39. The number of hydrogen-bond donors (Lipinski definition) is 1. The topological polar surface area (TPSA) is 45.2 Å². The van der Waals surface area contributed by atoms with Crippen molar-refractivity contribution in [1.82, 2.24) is 15.2 Å². The van der Waals surface area contributed by atoms with Gasteiger partial charge in [-0.25, -0.2) is 9.18 Å². The zero-order chi connectivity index (χ0) is 15.4. The molecule has 0 aliphatic carbocycles. The Labute approximate surface area is 129 Å². The van der Waals surface area contributed by atoms with Gasteiger partial charge in [-0.3, -0.25) is 4.98 Å². The summed E-state index contributed by atoms with van der Waals surface area (Å²) in [5.41, 5.74) is 1.75. The van der Waals surface area contributed by atoms with Crippen molar-refractivity contribution in [3.05, 3.63) is 65.7 Å². The molecule has 3 rings (SSSR count). The molecule has 0 atom stereocenters. The monoisotopic (exact) mass is 299 g/mol. The smallest absolute Gasteiger partial charge is 0.317 e. The summed E-state index contributed by atoms with van der Waals surface area (Å²) in [7, 11) is 0. The summed E-state index contributed by atoms with van der Waals surface area (Å²) in [6, 6.07) is 10.5. The van der Waals surface area contributed by atoms with Crippen LogP contribution in [0.5, 0.6) is 0 Å². The van der Waals surface area contributed by atoms with E-state index in [1.54, 1.807) is 23.4 Å². The van der Waals surface area contributed by atoms with Crippen LogP contribution in [0.4, 0.5) is 9.18 Å². The van der Waals surface area contributed by atoms with Crippen molar-refractivity contribution in [3.8, 4) is 0 Å². The van der Waals surface area contributed by atoms with E-state index in [4.69, 9.17) is 0 Å². The number of halogens is 1. The number of benzene rings is 1. The molecule has 22 heavy (non-hydrogen) atoms. The Hall–Kier alpha value is -2.43. The van der Waals surface area contributed by atoms with Crippen molar-refractivity contribution in [3.63, 3.8) is 0 Å². The van der Waals surface area contributed by atoms with Crippen LogP contribution in [-0.2, 0) is 13.0 Å². The fourth-order valence-electron chi connectivity index (χ4n) is 2.63. The number of likely N-dealkylation sites (tertiary alicyclic amines) is 1. The van der Waals surface area contributed by atoms with E-state index in [1.807, 2.05) is 24.3 Å². The lowest BCUT2D eigenvalue weighted by Crippen LogP contribution is -2.54. The molecule has 0 radical (unpaired) electrons. The normalized spacial score (nSPS) is 14.5. The second kappa shape index (κ2) is 6.56. The van der Waals surface area contributed by atoms with Gasteiger partial charge in [0.15, 0.2) is 0 Å². The van der Waals surface area contributed by atoms with Crippen LogP contribution in [0.25, 0.3) is 0 Å². The predicted molar refractivity (Wildman–Crippen MR) is 81.6 cm³/mol. The Bertz CT molecular complexity index is 641. The Kier molecular flexibility index (Phi) is 4.32. The summed E-state index contributed by atoms with van der Waals surface area (Å²) < 4.78 is 13.6. The van der Waals surface area contributed by atoms with Crippen LogP contribution in [0.3, 0.4) is 0 Å². The number of nitrogens with one attached hydrogen (secondary N) is 1. The molecule has 114 valence electrons. The molecule has 0 unspecified atom stereocenters. The first kappa shape index (κ1) is 14.5. The molecule has 2 amide bonds. The van der Waals surface area contributed by atoms with E-state index in [0.717, 1.165) is 11.1 Å². The van der Waals surface area contributed by atoms with Gasteiger partial charge in [-0.15, -0.1) is 0 Å². The molecule has 2 heterocycles. The van der Waals surface area contributed by atoms with Gasteiger partial charge in [0.1, 0.15) is 5.82 Å². The molecule has 1 aromatic carbocycles. The van der Waals surface area contributed by atoms with Gasteiger partial charge in [-0.1, -0.05) is 18.2 Å². The number of hydrogen-bond acceptors (Lipinski definition) is 2. The molecule has 0 saturated carbocycles. The van der Waals surface area contributed by atoms with Crippen LogP contribution in [0.2, 0.25) is 0 Å². The maximum atomic E-state index is 13.6. The summed E-state index contributed by atoms with van der Waals surface area (Å²) in [4.78, 5) is 17.7. The third-order valence-electron chi connectivity index (χ3n) is 3.90. The summed E-state index contributed by atoms with van der Waals surface area (Å²) >= 11 is 0. The number of pyridine rings is 1. The first-order valence-corrected chi connectivity index (χ1v) is 7.37. The van der Waals surface area contributed by atoms with Crippen molar-refractivity contribution in [1.29, 1.82) is 0 Å². The largest absolute Gasteiger partial charge is 0.334 e. The highest BCUT2D eigenvalue weighted by Gasteiger charge is 2.30. The quantitative estimate of drug-likeness (QED) is 0.943. The Morgan fingerprint density at radius 2 is 1.95 bits per heavy atom. The van der Waals surface area contributed by atoms with Gasteiger partial charge in [0.25, 0.3) is 0 Å². The molecule has 1 aliphatic heterocycles. The number of carbonyl (C=O) groups is 1. The van der Waals surface area contributed by atoms with Gasteiger partial charge in [0, 0.05) is 32.0 Å². The van der Waals surface area contributed by atoms with Crippen molar-refractivity contribution >= 4 is 6.03 Å². The lowest BCUT2D eigenvalue weighted by molar-refractivity contribution is 0.120. The summed E-state index contributed by atoms with van der Waals surface area (Å²) in [5.74, 6) is 0.173. The van der Waals surface area contributed by atoms with E-state index >= 15 is 0 Å². The third-order valence-corrected chi connectivity index (χ3v) is 3.90. The highest BCUT2D eigenvalue weighted by atomic mass is 19.1. The van der Waals surface area contributed by atoms with E-state index in [1.165, 1.54) is 6.07 Å². The summed E-state index contributed by atoms with van der Waals surface area (Å²) in [6.45, 7) is 1.85. The zero-order valence-corrected chi connectivity index (χ0v) is 12.2. The van der Waals surface area contributed by atoms with Gasteiger partial charge >= 0.3 is 6.03 Å². The minimum Gasteiger partial charge on any atom is -0.334 e. The van der Waals surface area contributed by atoms with Gasteiger partial charge in [0.05, 0.1) is 0 Å². The van der Waals surface area contributed by atoms with Gasteiger partial charge in [0.2, 0.25) is 0 Å². The van der Waals surface area contributed by atoms with Crippen LogP contribution >= 0.6 is 0 Å². The third kappa shape index (κ3) is 3.42. The molecule has 1 N–H and O–H groups in total. The number of urea groups is 1. The van der Waals surface area contributed by atoms with E-state index in [-0.39, 0.29) is 11.8 Å². The second-order valence-electron chi connectivity index (χ2n) is 5.58. The van der Waals surface area contributed by atoms with Crippen molar-refractivity contribution in [2.24, 2.45) is 5.92 Å². The van der Waals surface area contributed by atoms with Crippen LogP contribution in [-0.4, -0.2) is 29.0 Å². The maximum Gasteiger partial charge on any atom is 0.317 e. The van der Waals surface area contributed by atoms with Crippen LogP contribution < -0.4 is 5.32 Å². The molecule has 5 heteroatoms. The SMILES string of the molecule is O=C(NCc1ccncc1)N1CC(Cc2ccccc2F)C1. The molecule has 1 aliphatic rings. The number of carbonyl (C=O) groups excluding carboxylic acids is 1. The van der Waals surface area contributed by atoms with E-state index in [0.29, 0.717) is 32.0 Å². The first-order valence-electron chi connectivity index (χ1n) is 7.37. The average Bonchev–Trinajstić information content (AvgIpc) is 2.51. The predicted octanol–water partition coefficient (Wildman–Crippen LogP) is 2.60. The van der Waals surface area contributed by atoms with Gasteiger partial charge in [-0.05, 0) is 41.7 Å². The van der Waals surface area contributed by atoms with Crippen LogP contribution in [0, 0.1) is 11.7 Å². The van der Waals surface area contributed by atoms with Gasteiger partial charge in [-0.2, -0.15) is 0 Å². The molecular formula is C17H18FN3O. The molecule has 1 fully saturated rings. The molecule has 1 saturated heterocycles. The highest BCUT2D eigenvalue weighted by Crippen LogP contribution is 2.21. The fraction of sp³-hybridized carbons (Fsp3) is 0.294. The standard InChI is InChI=1S/C17H18FN3O/c18-16-4-2-1-3-15(16)9-14-11-21(12-14)17(22)20-10-13-5-7-19-8-6-13/h1-8,14H,9-12H2,(H,20,22). The zero-order valence-electron chi connectivity index (χ0n) is 12.2. The molecule has 0 spiro atoms. The molecule has 1 aromatic heterocycles. The highest BCUT2D eigenvalue weighted by molar-refractivity contribution is 5.75. The Balaban J connectivity index is 1.43. The van der Waals surface area contributed by atoms with Crippen molar-refractivity contribution < 1.29 is 9.18 Å². The number of nitrogens with zero attached hydrogens (tertiary/aromatic N) is 2. The van der Waals surface area contributed by atoms with Crippen molar-refractivity contribution in [2.45, 2.75) is 13.0 Å². The van der Waals surface area contributed by atoms with Gasteiger partial charge < -0.3 is 10.2 Å². The minimum atomic E-state index is -0.164. The van der Waals surface area contributed by atoms with Crippen LogP contribution in [0.1, 0.15) is 11.1 Å². The lowest BCUT2D eigenvalue weighted by atomic mass is 9.92. The van der Waals surface area contributed by atoms with E-state index in [2.05, 4.69) is 10.3 Å². The average molecular weight is 299 g/mol. The van der Waals surface area contributed by atoms with Crippen molar-refractivity contribution in [2.75, 3.05) is 13.1 Å². The van der Waals surface area contributed by atoms with Crippen LogP contribution in [0.15, 0.2) is 48.8 Å².